The zero-order valence-corrected chi connectivity index (χ0v) is 11.3. The summed E-state index contributed by atoms with van der Waals surface area (Å²) in [4.78, 5) is 8.89. The first kappa shape index (κ1) is 12.2. The molecule has 1 aliphatic rings. The molecule has 19 heavy (non-hydrogen) atoms. The van der Waals surface area contributed by atoms with Gasteiger partial charge in [-0.15, -0.1) is 0 Å². The molecule has 0 bridgehead atoms. The Kier molecular flexibility index (Phi) is 3.25. The summed E-state index contributed by atoms with van der Waals surface area (Å²) in [5, 5.41) is 3.60. The van der Waals surface area contributed by atoms with E-state index in [2.05, 4.69) is 15.3 Å². The smallest absolute Gasteiger partial charge is 0.224 e. The van der Waals surface area contributed by atoms with Crippen LogP contribution in [-0.2, 0) is 0 Å². The van der Waals surface area contributed by atoms with E-state index in [1.807, 2.05) is 25.2 Å². The first-order valence-electron chi connectivity index (χ1n) is 6.25. The Labute approximate surface area is 116 Å². The van der Waals surface area contributed by atoms with Crippen molar-refractivity contribution in [3.63, 3.8) is 0 Å². The molecule has 1 aromatic heterocycles. The zero-order chi connectivity index (χ0) is 13.2. The van der Waals surface area contributed by atoms with Crippen LogP contribution in [0.4, 0.5) is 5.82 Å². The number of ether oxygens (including phenoxy) is 1. The number of nitrogens with zero attached hydrogens (tertiary/aromatic N) is 2. The second-order valence-electron chi connectivity index (χ2n) is 4.51. The minimum absolute atomic E-state index is 0.474. The molecular formula is C14H14ClN3O. The lowest BCUT2D eigenvalue weighted by Gasteiger charge is -2.09. The molecule has 1 saturated carbocycles. The van der Waals surface area contributed by atoms with E-state index in [0.717, 1.165) is 24.5 Å². The maximum absolute atomic E-state index is 6.08. The Bertz CT molecular complexity index is 599. The molecule has 5 heteroatoms. The van der Waals surface area contributed by atoms with Crippen molar-refractivity contribution in [1.29, 1.82) is 0 Å². The van der Waals surface area contributed by atoms with Crippen LogP contribution in [0.1, 0.15) is 24.6 Å². The number of halogens is 1. The quantitative estimate of drug-likeness (QED) is 0.921. The monoisotopic (exact) mass is 275 g/mol. The molecule has 0 amide bonds. The van der Waals surface area contributed by atoms with Gasteiger partial charge < -0.3 is 10.1 Å². The molecule has 0 spiro atoms. The molecular weight excluding hydrogens is 262 g/mol. The van der Waals surface area contributed by atoms with Gasteiger partial charge in [0, 0.05) is 19.0 Å². The molecule has 0 radical (unpaired) electrons. The van der Waals surface area contributed by atoms with Crippen molar-refractivity contribution >= 4 is 17.4 Å². The number of benzene rings is 1. The van der Waals surface area contributed by atoms with Gasteiger partial charge >= 0.3 is 0 Å². The Morgan fingerprint density at radius 1 is 1.26 bits per heavy atom. The predicted octanol–water partition coefficient (Wildman–Crippen LogP) is 3.84. The summed E-state index contributed by atoms with van der Waals surface area (Å²) in [7, 11) is 1.83. The third-order valence-electron chi connectivity index (χ3n) is 2.97. The van der Waals surface area contributed by atoms with Gasteiger partial charge in [-0.3, -0.25) is 0 Å². The fourth-order valence-corrected chi connectivity index (χ4v) is 1.96. The Hall–Kier alpha value is -1.81. The highest BCUT2D eigenvalue weighted by Crippen LogP contribution is 2.39. The molecule has 1 fully saturated rings. The molecule has 1 heterocycles. The van der Waals surface area contributed by atoms with E-state index in [-0.39, 0.29) is 0 Å². The van der Waals surface area contributed by atoms with Crippen LogP contribution in [0.5, 0.6) is 11.6 Å². The maximum atomic E-state index is 6.08. The van der Waals surface area contributed by atoms with Crippen LogP contribution >= 0.6 is 11.6 Å². The number of rotatable bonds is 4. The van der Waals surface area contributed by atoms with Gasteiger partial charge in [0.1, 0.15) is 17.4 Å². The van der Waals surface area contributed by atoms with E-state index < -0.39 is 0 Å². The topological polar surface area (TPSA) is 47.0 Å². The Balaban J connectivity index is 1.91. The number of hydrogen-bond acceptors (Lipinski definition) is 4. The Morgan fingerprint density at radius 3 is 2.74 bits per heavy atom. The van der Waals surface area contributed by atoms with Gasteiger partial charge in [-0.05, 0) is 25.0 Å². The van der Waals surface area contributed by atoms with Crippen LogP contribution in [-0.4, -0.2) is 17.0 Å². The van der Waals surface area contributed by atoms with E-state index in [1.54, 1.807) is 12.1 Å². The van der Waals surface area contributed by atoms with Crippen LogP contribution in [0, 0.1) is 0 Å². The number of nitrogens with one attached hydrogen (secondary N) is 1. The van der Waals surface area contributed by atoms with E-state index in [0.29, 0.717) is 22.6 Å². The first-order valence-corrected chi connectivity index (χ1v) is 6.63. The van der Waals surface area contributed by atoms with Crippen molar-refractivity contribution < 1.29 is 4.74 Å². The number of aromatic nitrogens is 2. The van der Waals surface area contributed by atoms with Gasteiger partial charge in [0.25, 0.3) is 0 Å². The molecule has 1 aliphatic carbocycles. The molecule has 98 valence electrons. The largest absolute Gasteiger partial charge is 0.437 e. The van der Waals surface area contributed by atoms with Crippen molar-refractivity contribution in [2.45, 2.75) is 18.8 Å². The lowest BCUT2D eigenvalue weighted by atomic mass is 10.3. The number of anilines is 1. The maximum Gasteiger partial charge on any atom is 0.224 e. The first-order chi connectivity index (χ1) is 9.26. The zero-order valence-electron chi connectivity index (χ0n) is 10.6. The lowest BCUT2D eigenvalue weighted by Crippen LogP contribution is -2.01. The van der Waals surface area contributed by atoms with Gasteiger partial charge in [0.05, 0.1) is 5.02 Å². The number of para-hydroxylation sites is 1. The summed E-state index contributed by atoms with van der Waals surface area (Å²) in [6.07, 6.45) is 2.30. The van der Waals surface area contributed by atoms with Crippen LogP contribution < -0.4 is 10.1 Å². The molecule has 0 aliphatic heterocycles. The third-order valence-corrected chi connectivity index (χ3v) is 3.28. The highest BCUT2D eigenvalue weighted by atomic mass is 35.5. The summed E-state index contributed by atoms with van der Waals surface area (Å²) in [5.41, 5.74) is 0. The summed E-state index contributed by atoms with van der Waals surface area (Å²) in [5.74, 6) is 3.20. The van der Waals surface area contributed by atoms with E-state index in [1.165, 1.54) is 0 Å². The van der Waals surface area contributed by atoms with Crippen molar-refractivity contribution in [2.24, 2.45) is 0 Å². The van der Waals surface area contributed by atoms with Crippen molar-refractivity contribution in [1.82, 2.24) is 9.97 Å². The van der Waals surface area contributed by atoms with E-state index in [9.17, 15) is 0 Å². The van der Waals surface area contributed by atoms with Gasteiger partial charge in [0.15, 0.2) is 0 Å². The average molecular weight is 276 g/mol. The predicted molar refractivity (Wildman–Crippen MR) is 75.1 cm³/mol. The fourth-order valence-electron chi connectivity index (χ4n) is 1.79. The van der Waals surface area contributed by atoms with Gasteiger partial charge in [-0.25, -0.2) is 4.98 Å². The van der Waals surface area contributed by atoms with Gasteiger partial charge in [-0.1, -0.05) is 23.7 Å². The normalized spacial score (nSPS) is 14.2. The average Bonchev–Trinajstić information content (AvgIpc) is 3.25. The molecule has 0 saturated heterocycles. The van der Waals surface area contributed by atoms with Gasteiger partial charge in [-0.2, -0.15) is 4.98 Å². The molecule has 2 aromatic rings. The second kappa shape index (κ2) is 5.05. The van der Waals surface area contributed by atoms with Gasteiger partial charge in [0.2, 0.25) is 5.88 Å². The molecule has 4 nitrogen and oxygen atoms in total. The van der Waals surface area contributed by atoms with Crippen LogP contribution in [0.15, 0.2) is 30.3 Å². The molecule has 1 N–H and O–H groups in total. The van der Waals surface area contributed by atoms with Crippen molar-refractivity contribution in [3.05, 3.63) is 41.2 Å². The molecule has 3 rings (SSSR count). The fraction of sp³-hybridized carbons (Fsp3) is 0.286. The second-order valence-corrected chi connectivity index (χ2v) is 4.91. The summed E-state index contributed by atoms with van der Waals surface area (Å²) in [6.45, 7) is 0. The number of hydrogen-bond donors (Lipinski definition) is 1. The highest BCUT2D eigenvalue weighted by molar-refractivity contribution is 6.32. The SMILES string of the molecule is CNc1cc(Oc2ccccc2Cl)nc(C2CC2)n1. The Morgan fingerprint density at radius 2 is 2.05 bits per heavy atom. The minimum atomic E-state index is 0.474. The lowest BCUT2D eigenvalue weighted by molar-refractivity contribution is 0.459. The molecule has 0 unspecified atom stereocenters. The third kappa shape index (κ3) is 2.79. The van der Waals surface area contributed by atoms with Crippen molar-refractivity contribution in [2.75, 3.05) is 12.4 Å². The molecule has 0 atom stereocenters. The van der Waals surface area contributed by atoms with E-state index >= 15 is 0 Å². The van der Waals surface area contributed by atoms with Crippen LogP contribution in [0.2, 0.25) is 5.02 Å². The van der Waals surface area contributed by atoms with Crippen LogP contribution in [0.25, 0.3) is 0 Å². The van der Waals surface area contributed by atoms with Crippen LogP contribution in [0.3, 0.4) is 0 Å². The highest BCUT2D eigenvalue weighted by Gasteiger charge is 2.27. The van der Waals surface area contributed by atoms with E-state index in [4.69, 9.17) is 16.3 Å². The standard InChI is InChI=1S/C14H14ClN3O/c1-16-12-8-13(18-14(17-12)9-6-7-9)19-11-5-3-2-4-10(11)15/h2-5,8-9H,6-7H2,1H3,(H,16,17,18). The summed E-state index contributed by atoms with van der Waals surface area (Å²) in [6, 6.07) is 9.13. The summed E-state index contributed by atoms with van der Waals surface area (Å²) < 4.78 is 5.75. The van der Waals surface area contributed by atoms with Crippen molar-refractivity contribution in [3.8, 4) is 11.6 Å². The minimum Gasteiger partial charge on any atom is -0.437 e. The molecule has 1 aromatic carbocycles. The summed E-state index contributed by atoms with van der Waals surface area (Å²) >= 11 is 6.08.